The van der Waals surface area contributed by atoms with Crippen LogP contribution < -0.4 is 0 Å². The quantitative estimate of drug-likeness (QED) is 0.602. The molecule has 0 aromatic rings. The third-order valence-corrected chi connectivity index (χ3v) is 3.80. The van der Waals surface area contributed by atoms with Crippen LogP contribution >= 0.6 is 0 Å². The highest BCUT2D eigenvalue weighted by molar-refractivity contribution is 5.82. The second-order valence-electron chi connectivity index (χ2n) is 6.78. The molecule has 21 heavy (non-hydrogen) atoms. The SMILES string of the molecule is CCC1(CO)COC(C(C)(C)COC(=O)C=C(C)C)OC1. The first-order valence-corrected chi connectivity index (χ1v) is 7.40. The minimum atomic E-state index is -0.444. The summed E-state index contributed by atoms with van der Waals surface area (Å²) in [6, 6.07) is 0. The lowest BCUT2D eigenvalue weighted by molar-refractivity contribution is -0.279. The largest absolute Gasteiger partial charge is 0.462 e. The Balaban J connectivity index is 2.53. The van der Waals surface area contributed by atoms with Crippen LogP contribution in [0, 0.1) is 10.8 Å². The average Bonchev–Trinajstić information content (AvgIpc) is 2.44. The molecule has 1 heterocycles. The Morgan fingerprint density at radius 2 is 1.95 bits per heavy atom. The molecule has 0 aliphatic carbocycles. The molecule has 0 aromatic carbocycles. The molecule has 1 aliphatic heterocycles. The van der Waals surface area contributed by atoms with Crippen LogP contribution in [0.2, 0.25) is 0 Å². The minimum absolute atomic E-state index is 0.0478. The highest BCUT2D eigenvalue weighted by atomic mass is 16.7. The highest BCUT2D eigenvalue weighted by Crippen LogP contribution is 2.34. The summed E-state index contributed by atoms with van der Waals surface area (Å²) in [5, 5.41) is 9.45. The van der Waals surface area contributed by atoms with Crippen molar-refractivity contribution in [2.24, 2.45) is 10.8 Å². The number of carbonyl (C=O) groups excluding carboxylic acids is 1. The summed E-state index contributed by atoms with van der Waals surface area (Å²) in [7, 11) is 0. The zero-order valence-electron chi connectivity index (χ0n) is 13.8. The lowest BCUT2D eigenvalue weighted by atomic mass is 9.86. The van der Waals surface area contributed by atoms with E-state index in [0.29, 0.717) is 13.2 Å². The van der Waals surface area contributed by atoms with E-state index in [-0.39, 0.29) is 24.6 Å². The summed E-state index contributed by atoms with van der Waals surface area (Å²) in [6.07, 6.45) is 1.82. The van der Waals surface area contributed by atoms with Crippen LogP contribution in [0.1, 0.15) is 41.0 Å². The fourth-order valence-corrected chi connectivity index (χ4v) is 2.06. The van der Waals surface area contributed by atoms with Crippen LogP contribution in [0.3, 0.4) is 0 Å². The minimum Gasteiger partial charge on any atom is -0.462 e. The van der Waals surface area contributed by atoms with Crippen molar-refractivity contribution in [1.29, 1.82) is 0 Å². The van der Waals surface area contributed by atoms with Gasteiger partial charge >= 0.3 is 5.97 Å². The van der Waals surface area contributed by atoms with Gasteiger partial charge < -0.3 is 19.3 Å². The fraction of sp³-hybridized carbons (Fsp3) is 0.812. The van der Waals surface area contributed by atoms with Gasteiger partial charge in [-0.3, -0.25) is 0 Å². The predicted molar refractivity (Wildman–Crippen MR) is 79.7 cm³/mol. The second kappa shape index (κ2) is 7.38. The van der Waals surface area contributed by atoms with Gasteiger partial charge in [0.1, 0.15) is 6.61 Å². The van der Waals surface area contributed by atoms with E-state index in [1.165, 1.54) is 6.08 Å². The summed E-state index contributed by atoms with van der Waals surface area (Å²) in [5.74, 6) is -0.350. The van der Waals surface area contributed by atoms with Crippen molar-refractivity contribution in [3.8, 4) is 0 Å². The highest BCUT2D eigenvalue weighted by Gasteiger charge is 2.41. The third-order valence-electron chi connectivity index (χ3n) is 3.80. The molecule has 5 nitrogen and oxygen atoms in total. The van der Waals surface area contributed by atoms with Gasteiger partial charge in [-0.1, -0.05) is 26.3 Å². The number of allylic oxidation sites excluding steroid dienone is 1. The van der Waals surface area contributed by atoms with Crippen molar-refractivity contribution in [2.45, 2.75) is 47.3 Å². The van der Waals surface area contributed by atoms with Crippen LogP contribution in [-0.2, 0) is 19.0 Å². The molecule has 1 fully saturated rings. The Bertz CT molecular complexity index is 368. The lowest BCUT2D eigenvalue weighted by Gasteiger charge is -2.43. The van der Waals surface area contributed by atoms with Gasteiger partial charge in [0.25, 0.3) is 0 Å². The predicted octanol–water partition coefficient (Wildman–Crippen LogP) is 2.28. The molecule has 122 valence electrons. The van der Waals surface area contributed by atoms with Gasteiger partial charge in [-0.05, 0) is 20.3 Å². The topological polar surface area (TPSA) is 65.0 Å². The molecule has 1 aliphatic rings. The fourth-order valence-electron chi connectivity index (χ4n) is 2.06. The molecule has 1 saturated heterocycles. The molecule has 0 aromatic heterocycles. The van der Waals surface area contributed by atoms with E-state index in [1.807, 2.05) is 34.6 Å². The molecule has 0 unspecified atom stereocenters. The van der Waals surface area contributed by atoms with E-state index < -0.39 is 11.7 Å². The van der Waals surface area contributed by atoms with Gasteiger partial charge in [0, 0.05) is 16.9 Å². The molecule has 1 N–H and O–H groups in total. The molecule has 0 saturated carbocycles. The first kappa shape index (κ1) is 18.1. The summed E-state index contributed by atoms with van der Waals surface area (Å²) >= 11 is 0. The molecular weight excluding hydrogens is 272 g/mol. The zero-order chi connectivity index (χ0) is 16.1. The van der Waals surface area contributed by atoms with Gasteiger partial charge in [0.15, 0.2) is 6.29 Å². The third kappa shape index (κ3) is 5.09. The van der Waals surface area contributed by atoms with Crippen molar-refractivity contribution in [3.63, 3.8) is 0 Å². The number of aliphatic hydroxyl groups is 1. The molecular formula is C16H28O5. The Morgan fingerprint density at radius 1 is 1.38 bits per heavy atom. The van der Waals surface area contributed by atoms with Gasteiger partial charge in [0.05, 0.1) is 19.8 Å². The number of ether oxygens (including phenoxy) is 3. The number of hydrogen-bond acceptors (Lipinski definition) is 5. The molecule has 0 spiro atoms. The number of aliphatic hydroxyl groups excluding tert-OH is 1. The maximum Gasteiger partial charge on any atom is 0.330 e. The summed E-state index contributed by atoms with van der Waals surface area (Å²) < 4.78 is 16.8. The van der Waals surface area contributed by atoms with Crippen molar-refractivity contribution in [2.75, 3.05) is 26.4 Å². The van der Waals surface area contributed by atoms with E-state index in [0.717, 1.165) is 12.0 Å². The molecule has 5 heteroatoms. The van der Waals surface area contributed by atoms with E-state index in [4.69, 9.17) is 14.2 Å². The Labute approximate surface area is 127 Å². The van der Waals surface area contributed by atoms with E-state index in [9.17, 15) is 9.90 Å². The maximum atomic E-state index is 11.6. The monoisotopic (exact) mass is 300 g/mol. The first-order valence-electron chi connectivity index (χ1n) is 7.40. The standard InChI is InChI=1S/C16H28O5/c1-6-16(8-17)10-20-14(21-11-16)15(4,5)9-19-13(18)7-12(2)3/h7,14,17H,6,8-11H2,1-5H3. The second-order valence-corrected chi connectivity index (χ2v) is 6.78. The molecule has 0 atom stereocenters. The van der Waals surface area contributed by atoms with Gasteiger partial charge in [-0.25, -0.2) is 4.79 Å². The molecule has 0 radical (unpaired) electrons. The van der Waals surface area contributed by atoms with Crippen LogP contribution in [0.25, 0.3) is 0 Å². The van der Waals surface area contributed by atoms with Crippen molar-refractivity contribution < 1.29 is 24.1 Å². The first-order chi connectivity index (χ1) is 9.74. The molecule has 1 rings (SSSR count). The summed E-state index contributed by atoms with van der Waals surface area (Å²) in [4.78, 5) is 11.6. The van der Waals surface area contributed by atoms with Crippen LogP contribution in [0.5, 0.6) is 0 Å². The van der Waals surface area contributed by atoms with Crippen LogP contribution in [-0.4, -0.2) is 43.8 Å². The molecule has 0 bridgehead atoms. The smallest absolute Gasteiger partial charge is 0.330 e. The number of carbonyl (C=O) groups is 1. The number of esters is 1. The van der Waals surface area contributed by atoms with Gasteiger partial charge in [-0.15, -0.1) is 0 Å². The van der Waals surface area contributed by atoms with Gasteiger partial charge in [0.2, 0.25) is 0 Å². The number of hydrogen-bond donors (Lipinski definition) is 1. The lowest BCUT2D eigenvalue weighted by Crippen LogP contribution is -2.50. The normalized spacial score (nSPS) is 26.3. The van der Waals surface area contributed by atoms with E-state index >= 15 is 0 Å². The Kier molecular flexibility index (Phi) is 6.38. The zero-order valence-corrected chi connectivity index (χ0v) is 13.8. The van der Waals surface area contributed by atoms with Gasteiger partial charge in [-0.2, -0.15) is 0 Å². The van der Waals surface area contributed by atoms with Crippen molar-refractivity contribution in [3.05, 3.63) is 11.6 Å². The Hall–Kier alpha value is -0.910. The average molecular weight is 300 g/mol. The van der Waals surface area contributed by atoms with Crippen LogP contribution in [0.15, 0.2) is 11.6 Å². The number of rotatable bonds is 6. The van der Waals surface area contributed by atoms with E-state index in [2.05, 4.69) is 0 Å². The van der Waals surface area contributed by atoms with Crippen molar-refractivity contribution >= 4 is 5.97 Å². The maximum absolute atomic E-state index is 11.6. The van der Waals surface area contributed by atoms with Crippen molar-refractivity contribution in [1.82, 2.24) is 0 Å². The van der Waals surface area contributed by atoms with Crippen LogP contribution in [0.4, 0.5) is 0 Å². The summed E-state index contributed by atoms with van der Waals surface area (Å²) in [5.41, 5.74) is 0.143. The summed E-state index contributed by atoms with van der Waals surface area (Å²) in [6.45, 7) is 10.8. The molecule has 0 amide bonds. The van der Waals surface area contributed by atoms with E-state index in [1.54, 1.807) is 0 Å². The Morgan fingerprint density at radius 3 is 2.38 bits per heavy atom.